The summed E-state index contributed by atoms with van der Waals surface area (Å²) >= 11 is 2.58. The fraction of sp³-hybridized carbons (Fsp3) is 0.476. The molecule has 0 saturated carbocycles. The van der Waals surface area contributed by atoms with Gasteiger partial charge in [0.05, 0.1) is 21.7 Å². The van der Waals surface area contributed by atoms with Gasteiger partial charge in [0.2, 0.25) is 5.91 Å². The van der Waals surface area contributed by atoms with Crippen LogP contribution >= 0.6 is 23.1 Å². The number of amides is 2. The van der Waals surface area contributed by atoms with E-state index in [4.69, 9.17) is 0 Å². The highest BCUT2D eigenvalue weighted by molar-refractivity contribution is 8.00. The van der Waals surface area contributed by atoms with Crippen molar-refractivity contribution in [3.8, 4) is 0 Å². The molecule has 1 aromatic carbocycles. The summed E-state index contributed by atoms with van der Waals surface area (Å²) in [6.45, 7) is 7.15. The lowest BCUT2D eigenvalue weighted by molar-refractivity contribution is -0.132. The maximum atomic E-state index is 13.5. The van der Waals surface area contributed by atoms with Gasteiger partial charge in [0.15, 0.2) is 4.80 Å². The van der Waals surface area contributed by atoms with E-state index in [2.05, 4.69) is 18.5 Å². The van der Waals surface area contributed by atoms with Gasteiger partial charge in [0.1, 0.15) is 5.82 Å². The minimum Gasteiger partial charge on any atom is -0.339 e. The number of hydrogen-bond donors (Lipinski definition) is 0. The molecular weight excluding hydrogens is 409 g/mol. The van der Waals surface area contributed by atoms with Crippen molar-refractivity contribution in [2.24, 2.45) is 4.99 Å². The normalized spacial score (nSPS) is 17.7. The molecule has 1 fully saturated rings. The molecule has 1 saturated heterocycles. The van der Waals surface area contributed by atoms with Gasteiger partial charge in [-0.15, -0.1) is 18.3 Å². The van der Waals surface area contributed by atoms with E-state index in [0.29, 0.717) is 23.1 Å². The number of rotatable bonds is 7. The van der Waals surface area contributed by atoms with Crippen LogP contribution in [-0.4, -0.2) is 45.4 Å². The monoisotopic (exact) mass is 435 g/mol. The molecule has 1 atom stereocenters. The second-order valence-electron chi connectivity index (χ2n) is 7.04. The molecule has 0 radical (unpaired) electrons. The highest BCUT2D eigenvalue weighted by Crippen LogP contribution is 2.21. The second-order valence-corrected chi connectivity index (χ2v) is 9.03. The predicted molar refractivity (Wildman–Crippen MR) is 118 cm³/mol. The molecule has 156 valence electrons. The number of thiazole rings is 1. The van der Waals surface area contributed by atoms with Crippen LogP contribution in [0.5, 0.6) is 0 Å². The Morgan fingerprint density at radius 2 is 2.21 bits per heavy atom. The maximum absolute atomic E-state index is 13.5. The van der Waals surface area contributed by atoms with Gasteiger partial charge in [-0.05, 0) is 43.9 Å². The average Bonchev–Trinajstić information content (AvgIpc) is 3.04. The minimum atomic E-state index is -0.320. The van der Waals surface area contributed by atoms with Crippen molar-refractivity contribution in [3.05, 3.63) is 41.5 Å². The van der Waals surface area contributed by atoms with Gasteiger partial charge < -0.3 is 9.47 Å². The highest BCUT2D eigenvalue weighted by atomic mass is 32.2. The van der Waals surface area contributed by atoms with Crippen LogP contribution in [0.2, 0.25) is 0 Å². The van der Waals surface area contributed by atoms with E-state index in [9.17, 15) is 14.0 Å². The van der Waals surface area contributed by atoms with Crippen LogP contribution in [0.4, 0.5) is 4.39 Å². The Bertz CT molecular complexity index is 966. The predicted octanol–water partition coefficient (Wildman–Crippen LogP) is 3.98. The summed E-state index contributed by atoms with van der Waals surface area (Å²) in [7, 11) is 0. The summed E-state index contributed by atoms with van der Waals surface area (Å²) in [6.07, 6.45) is 5.99. The Morgan fingerprint density at radius 3 is 2.97 bits per heavy atom. The van der Waals surface area contributed by atoms with Crippen molar-refractivity contribution in [2.75, 3.05) is 18.1 Å². The van der Waals surface area contributed by atoms with Gasteiger partial charge in [-0.2, -0.15) is 4.99 Å². The number of allylic oxidation sites excluding steroid dienone is 1. The zero-order valence-corrected chi connectivity index (χ0v) is 18.2. The third-order valence-electron chi connectivity index (χ3n) is 5.05. The Hall–Kier alpha value is -1.93. The van der Waals surface area contributed by atoms with Crippen LogP contribution in [0.3, 0.4) is 0 Å². The molecule has 3 rings (SSSR count). The first-order chi connectivity index (χ1) is 14.0. The molecule has 0 N–H and O–H groups in total. The largest absolute Gasteiger partial charge is 0.339 e. The summed E-state index contributed by atoms with van der Waals surface area (Å²) in [5.74, 6) is -0.0685. The second kappa shape index (κ2) is 10.2. The average molecular weight is 436 g/mol. The number of fused-ring (bicyclic) bond motifs is 1. The molecule has 29 heavy (non-hydrogen) atoms. The van der Waals surface area contributed by atoms with E-state index < -0.39 is 0 Å². The Labute approximate surface area is 178 Å². The van der Waals surface area contributed by atoms with Crippen molar-refractivity contribution < 1.29 is 14.0 Å². The van der Waals surface area contributed by atoms with E-state index in [0.717, 1.165) is 36.0 Å². The number of hydrogen-bond acceptors (Lipinski definition) is 4. The minimum absolute atomic E-state index is 0.105. The van der Waals surface area contributed by atoms with Crippen LogP contribution in [0.25, 0.3) is 10.2 Å². The number of nitrogens with zero attached hydrogens (tertiary/aromatic N) is 3. The molecule has 2 heterocycles. The molecule has 0 bridgehead atoms. The van der Waals surface area contributed by atoms with Crippen molar-refractivity contribution >= 4 is 45.1 Å². The van der Waals surface area contributed by atoms with Crippen LogP contribution < -0.4 is 4.80 Å². The zero-order chi connectivity index (χ0) is 20.8. The summed E-state index contributed by atoms with van der Waals surface area (Å²) in [6, 6.07) is 4.85. The standard InChI is InChI=1S/C21H26FN3O2S2/c1-3-10-25-17-9-8-15(22)12-18(17)29-21(25)23-19(26)13-28-14-20(27)24-11-6-5-7-16(24)4-2/h3,8-9,12,16H,1,4-7,10-11,13-14H2,2H3. The molecule has 8 heteroatoms. The van der Waals surface area contributed by atoms with E-state index in [1.165, 1.54) is 41.7 Å². The molecule has 1 unspecified atom stereocenters. The van der Waals surface area contributed by atoms with Crippen molar-refractivity contribution in [1.29, 1.82) is 0 Å². The number of benzene rings is 1. The summed E-state index contributed by atoms with van der Waals surface area (Å²) < 4.78 is 16.1. The fourth-order valence-corrected chi connectivity index (χ4v) is 5.40. The Balaban J connectivity index is 1.65. The van der Waals surface area contributed by atoms with Crippen LogP contribution in [0, 0.1) is 5.82 Å². The first-order valence-electron chi connectivity index (χ1n) is 9.88. The van der Waals surface area contributed by atoms with Gasteiger partial charge in [0.25, 0.3) is 5.91 Å². The third-order valence-corrected chi connectivity index (χ3v) is 6.99. The van der Waals surface area contributed by atoms with Gasteiger partial charge in [0, 0.05) is 19.1 Å². The lowest BCUT2D eigenvalue weighted by atomic mass is 10.0. The summed E-state index contributed by atoms with van der Waals surface area (Å²) in [5.41, 5.74) is 0.821. The molecular formula is C21H26FN3O2S2. The van der Waals surface area contributed by atoms with Crippen molar-refractivity contribution in [2.45, 2.75) is 45.2 Å². The van der Waals surface area contributed by atoms with Crippen molar-refractivity contribution in [1.82, 2.24) is 9.47 Å². The third kappa shape index (κ3) is 5.36. The molecule has 2 aromatic rings. The van der Waals surface area contributed by atoms with Crippen LogP contribution in [-0.2, 0) is 16.1 Å². The molecule has 2 amide bonds. The van der Waals surface area contributed by atoms with E-state index in [1.807, 2.05) is 9.47 Å². The SMILES string of the molecule is C=CCn1c(=NC(=O)CSCC(=O)N2CCCCC2CC)sc2cc(F)ccc21. The first kappa shape index (κ1) is 21.8. The number of carbonyl (C=O) groups is 2. The van der Waals surface area contributed by atoms with Crippen LogP contribution in [0.15, 0.2) is 35.8 Å². The number of halogens is 1. The Morgan fingerprint density at radius 1 is 1.38 bits per heavy atom. The van der Waals surface area contributed by atoms with Gasteiger partial charge in [-0.3, -0.25) is 9.59 Å². The maximum Gasteiger partial charge on any atom is 0.258 e. The van der Waals surface area contributed by atoms with Crippen molar-refractivity contribution in [3.63, 3.8) is 0 Å². The van der Waals surface area contributed by atoms with Gasteiger partial charge in [-0.1, -0.05) is 24.3 Å². The lowest BCUT2D eigenvalue weighted by Gasteiger charge is -2.35. The summed E-state index contributed by atoms with van der Waals surface area (Å²) in [4.78, 5) is 31.6. The summed E-state index contributed by atoms with van der Waals surface area (Å²) in [5, 5.41) is 0. The fourth-order valence-electron chi connectivity index (χ4n) is 3.64. The smallest absolute Gasteiger partial charge is 0.258 e. The Kier molecular flexibility index (Phi) is 7.66. The zero-order valence-electron chi connectivity index (χ0n) is 16.6. The van der Waals surface area contributed by atoms with E-state index >= 15 is 0 Å². The molecule has 0 spiro atoms. The van der Waals surface area contributed by atoms with E-state index in [-0.39, 0.29) is 23.4 Å². The van der Waals surface area contributed by atoms with E-state index in [1.54, 1.807) is 12.1 Å². The van der Waals surface area contributed by atoms with Gasteiger partial charge in [-0.25, -0.2) is 4.39 Å². The topological polar surface area (TPSA) is 54.7 Å². The number of likely N-dealkylation sites (tertiary alicyclic amines) is 1. The molecule has 5 nitrogen and oxygen atoms in total. The molecule has 1 aliphatic rings. The molecule has 1 aromatic heterocycles. The number of thioether (sulfide) groups is 1. The number of carbonyl (C=O) groups excluding carboxylic acids is 2. The lowest BCUT2D eigenvalue weighted by Crippen LogP contribution is -2.44. The van der Waals surface area contributed by atoms with Crippen LogP contribution in [0.1, 0.15) is 32.6 Å². The number of piperidine rings is 1. The molecule has 0 aliphatic carbocycles. The van der Waals surface area contributed by atoms with Gasteiger partial charge >= 0.3 is 0 Å². The molecule has 1 aliphatic heterocycles. The quantitative estimate of drug-likeness (QED) is 0.618. The highest BCUT2D eigenvalue weighted by Gasteiger charge is 2.25. The first-order valence-corrected chi connectivity index (χ1v) is 11.8. The number of aromatic nitrogens is 1.